The standard InChI is InChI=1S/C26H27F6NO4.C22H19F6NO4.C15H21NO5.C11H13NO5.CH4/c1-24(2,3)37-22(34)20(13-21(25(27,28)29)26(30,31)32)33(4)23(35)36-14-19-17-11-7-5-9-15(17)16-10-6-8-12-18(16)19;1-29(17(19(30)31)10-18(21(23,24)25)22(26,27)28)20(32)33-11-16-14-8-4-2-6-12(14)13-7-3-5-9-15(13)16;1-15(2,3)21-13(18)12(9-17)16-14(19)20-10-11-7-5-4-6-8-11;13-6-9(10(14)15)12-11(16)17-7-8-4-2-1-3-5-8;/h5-12,19-21H,13-14H2,1-4H3;2-9,16-18H,10-11H2,1H3,(H,30,31);4-8,12,17H,9-10H2,1-3H3,(H,16,19);1-5,9,13H,6-7H2,(H,12,16)(H,14,15);1H4/t20-;17-;12-;9-;/m0000./s1. The van der Waals surface area contributed by atoms with Gasteiger partial charge in [0.25, 0.3) is 0 Å². The molecule has 0 unspecified atom stereocenters. The molecule has 6 aromatic rings. The third kappa shape index (κ3) is 27.5. The molecule has 0 fully saturated rings. The number of carbonyl (C=O) groups excluding carboxylic acids is 6. The molecule has 0 heterocycles. The fourth-order valence-electron chi connectivity index (χ4n) is 10.8. The molecule has 0 aromatic heterocycles. The number of nitrogens with zero attached hydrogens (tertiary/aromatic N) is 2. The quantitative estimate of drug-likeness (QED) is 0.0209. The fourth-order valence-corrected chi connectivity index (χ4v) is 10.8. The van der Waals surface area contributed by atoms with Gasteiger partial charge in [-0.25, -0.2) is 38.4 Å². The first kappa shape index (κ1) is 90.7. The topological polar surface area (TPSA) is 303 Å². The number of carboxylic acid groups (broad SMARTS) is 2. The summed E-state index contributed by atoms with van der Waals surface area (Å²) in [4.78, 5) is 95.1. The molecule has 8 rings (SSSR count). The van der Waals surface area contributed by atoms with Gasteiger partial charge in [-0.3, -0.25) is 9.80 Å². The average Bonchev–Trinajstić information content (AvgIpc) is 1.63. The number of aliphatic hydroxyl groups is 2. The summed E-state index contributed by atoms with van der Waals surface area (Å²) in [6, 6.07) is 40.4. The van der Waals surface area contributed by atoms with Crippen LogP contribution in [-0.2, 0) is 60.8 Å². The van der Waals surface area contributed by atoms with Gasteiger partial charge in [0.15, 0.2) is 23.9 Å². The van der Waals surface area contributed by atoms with Gasteiger partial charge in [-0.15, -0.1) is 0 Å². The minimum absolute atomic E-state index is 0. The lowest BCUT2D eigenvalue weighted by atomic mass is 9.97. The van der Waals surface area contributed by atoms with Crippen LogP contribution in [0.4, 0.5) is 71.9 Å². The number of esters is 2. The van der Waals surface area contributed by atoms with Gasteiger partial charge in [-0.1, -0.05) is 165 Å². The predicted molar refractivity (Wildman–Crippen MR) is 369 cm³/mol. The van der Waals surface area contributed by atoms with Gasteiger partial charge in [0.2, 0.25) is 0 Å². The molecular weight excluding hydrogens is 1470 g/mol. The van der Waals surface area contributed by atoms with Crippen molar-refractivity contribution in [1.29, 1.82) is 0 Å². The normalized spacial score (nSPS) is 13.6. The first-order chi connectivity index (χ1) is 50.3. The van der Waals surface area contributed by atoms with E-state index in [1.165, 1.54) is 20.8 Å². The summed E-state index contributed by atoms with van der Waals surface area (Å²) >= 11 is 0. The van der Waals surface area contributed by atoms with Gasteiger partial charge in [-0.2, -0.15) is 52.7 Å². The van der Waals surface area contributed by atoms with Crippen LogP contribution in [0.5, 0.6) is 0 Å². The number of aliphatic hydroxyl groups excluding tert-OH is 2. The van der Waals surface area contributed by atoms with Crippen LogP contribution in [0, 0.1) is 11.8 Å². The lowest BCUT2D eigenvalue weighted by Crippen LogP contribution is -2.50. The number of ether oxygens (including phenoxy) is 6. The molecule has 34 heteroatoms. The number of carbonyl (C=O) groups is 8. The van der Waals surface area contributed by atoms with Gasteiger partial charge >= 0.3 is 73.0 Å². The molecule has 6 N–H and O–H groups in total. The SMILES string of the molecule is C.CC(C)(C)OC(=O)[C@H](CO)NC(=O)OCc1ccccc1.CN(C(=O)OCC1c2ccccc2-c2ccccc21)[C@@H](CC(C(F)(F)F)C(F)(F)F)C(=O)O.CN(C(=O)OCC1c2ccccc2-c2ccccc21)[C@@H](CC(C(F)(F)F)C(F)(F)F)C(=O)OC(C)(C)C.O=C(N[C@@H](CO)C(=O)O)OCc1ccccc1. The summed E-state index contributed by atoms with van der Waals surface area (Å²) in [5.74, 6) is -14.0. The summed E-state index contributed by atoms with van der Waals surface area (Å²) in [7, 11) is 1.71. The van der Waals surface area contributed by atoms with Crippen molar-refractivity contribution in [1.82, 2.24) is 20.4 Å². The van der Waals surface area contributed by atoms with E-state index in [1.54, 1.807) is 69.3 Å². The van der Waals surface area contributed by atoms with Gasteiger partial charge in [0.05, 0.1) is 13.2 Å². The Labute approximate surface area is 619 Å². The average molecular weight is 1560 g/mol. The van der Waals surface area contributed by atoms with E-state index in [9.17, 15) is 96.1 Å². The number of benzene rings is 6. The number of nitrogens with one attached hydrogen (secondary N) is 2. The number of amides is 4. The molecular formula is C75H84F12N4O18. The minimum Gasteiger partial charge on any atom is -0.480 e. The van der Waals surface area contributed by atoms with Crippen LogP contribution >= 0.6 is 0 Å². The highest BCUT2D eigenvalue weighted by molar-refractivity contribution is 5.84. The van der Waals surface area contributed by atoms with Crippen molar-refractivity contribution in [2.45, 2.75) is 147 Å². The van der Waals surface area contributed by atoms with E-state index in [4.69, 9.17) is 43.7 Å². The second-order valence-corrected chi connectivity index (χ2v) is 26.2. The van der Waals surface area contributed by atoms with Crippen LogP contribution in [0.1, 0.15) is 107 Å². The molecule has 0 saturated heterocycles. The molecule has 2 aliphatic carbocycles. The minimum atomic E-state index is -5.73. The Morgan fingerprint density at radius 2 is 0.688 bits per heavy atom. The van der Waals surface area contributed by atoms with Crippen molar-refractivity contribution in [2.75, 3.05) is 40.5 Å². The van der Waals surface area contributed by atoms with Crippen molar-refractivity contribution in [3.8, 4) is 22.3 Å². The molecule has 22 nitrogen and oxygen atoms in total. The van der Waals surface area contributed by atoms with E-state index >= 15 is 0 Å². The van der Waals surface area contributed by atoms with Crippen LogP contribution < -0.4 is 10.6 Å². The Balaban J connectivity index is 0.000000319. The summed E-state index contributed by atoms with van der Waals surface area (Å²) in [6.07, 6.45) is -30.7. The van der Waals surface area contributed by atoms with E-state index in [0.29, 0.717) is 4.90 Å². The number of hydrogen-bond donors (Lipinski definition) is 6. The monoisotopic (exact) mass is 1560 g/mol. The molecule has 0 aliphatic heterocycles. The zero-order valence-electron chi connectivity index (χ0n) is 59.2. The van der Waals surface area contributed by atoms with Crippen molar-refractivity contribution < 1.29 is 140 Å². The number of halogens is 12. The first-order valence-electron chi connectivity index (χ1n) is 32.8. The van der Waals surface area contributed by atoms with E-state index < -0.39 is 158 Å². The van der Waals surface area contributed by atoms with Gasteiger partial charge in [0.1, 0.15) is 49.7 Å². The molecule has 4 atom stereocenters. The van der Waals surface area contributed by atoms with Crippen molar-refractivity contribution >= 4 is 48.3 Å². The zero-order chi connectivity index (χ0) is 80.9. The molecule has 2 aliphatic rings. The van der Waals surface area contributed by atoms with E-state index in [2.05, 4.69) is 5.32 Å². The summed E-state index contributed by atoms with van der Waals surface area (Å²) < 4.78 is 187. The second-order valence-electron chi connectivity index (χ2n) is 26.2. The Morgan fingerprint density at radius 3 is 0.982 bits per heavy atom. The van der Waals surface area contributed by atoms with Crippen molar-refractivity contribution in [3.63, 3.8) is 0 Å². The molecule has 0 bridgehead atoms. The Bertz CT molecular complexity index is 3880. The molecule has 596 valence electrons. The second kappa shape index (κ2) is 39.5. The number of rotatable bonds is 22. The number of hydrogen-bond acceptors (Lipinski definition) is 16. The van der Waals surface area contributed by atoms with Crippen LogP contribution in [-0.4, -0.2) is 179 Å². The lowest BCUT2D eigenvalue weighted by molar-refractivity contribution is -0.289. The van der Waals surface area contributed by atoms with Crippen LogP contribution in [0.15, 0.2) is 158 Å². The summed E-state index contributed by atoms with van der Waals surface area (Å²) in [6.45, 7) is 7.69. The predicted octanol–water partition coefficient (Wildman–Crippen LogP) is 14.8. The Kier molecular flexibility index (Phi) is 32.9. The van der Waals surface area contributed by atoms with Gasteiger partial charge < -0.3 is 59.5 Å². The van der Waals surface area contributed by atoms with Crippen LogP contribution in [0.25, 0.3) is 22.3 Å². The lowest BCUT2D eigenvalue weighted by Gasteiger charge is -2.33. The maximum Gasteiger partial charge on any atom is 0.410 e. The smallest absolute Gasteiger partial charge is 0.410 e. The number of alkyl halides is 12. The van der Waals surface area contributed by atoms with Gasteiger partial charge in [0, 0.05) is 25.9 Å². The first-order valence-corrected chi connectivity index (χ1v) is 32.8. The maximum atomic E-state index is 13.3. The molecule has 4 amide bonds. The van der Waals surface area contributed by atoms with E-state index in [-0.39, 0.29) is 38.8 Å². The van der Waals surface area contributed by atoms with E-state index in [1.807, 2.05) is 115 Å². The van der Waals surface area contributed by atoms with Crippen molar-refractivity contribution in [2.24, 2.45) is 11.8 Å². The number of likely N-dealkylation sites (N-methyl/N-ethyl adjacent to an activating group) is 2. The molecule has 0 saturated carbocycles. The highest BCUT2D eigenvalue weighted by Crippen LogP contribution is 2.48. The maximum absolute atomic E-state index is 13.3. The molecule has 109 heavy (non-hydrogen) atoms. The molecule has 0 radical (unpaired) electrons. The van der Waals surface area contributed by atoms with Gasteiger partial charge in [-0.05, 0) is 110 Å². The third-order valence-corrected chi connectivity index (χ3v) is 16.0. The number of alkyl carbamates (subject to hydrolysis) is 2. The largest absolute Gasteiger partial charge is 0.480 e. The van der Waals surface area contributed by atoms with E-state index in [0.717, 1.165) is 69.7 Å². The fraction of sp³-hybridized carbons (Fsp3) is 0.413. The van der Waals surface area contributed by atoms with Crippen LogP contribution in [0.2, 0.25) is 0 Å². The Morgan fingerprint density at radius 1 is 0.404 bits per heavy atom. The zero-order valence-corrected chi connectivity index (χ0v) is 59.2. The highest BCUT2D eigenvalue weighted by Gasteiger charge is 2.60. The third-order valence-electron chi connectivity index (χ3n) is 16.0. The number of fused-ring (bicyclic) bond motifs is 6. The molecule has 0 spiro atoms. The summed E-state index contributed by atoms with van der Waals surface area (Å²) in [5.41, 5.74) is 6.75. The highest BCUT2D eigenvalue weighted by atomic mass is 19.4. The van der Waals surface area contributed by atoms with Crippen LogP contribution in [0.3, 0.4) is 0 Å². The number of aliphatic carboxylic acids is 2. The Hall–Kier alpha value is -10.6. The van der Waals surface area contributed by atoms with Crippen molar-refractivity contribution in [3.05, 3.63) is 191 Å². The molecule has 6 aromatic carbocycles. The summed E-state index contributed by atoms with van der Waals surface area (Å²) in [5, 5.41) is 39.9. The number of carboxylic acids is 2.